The molecule has 0 saturated heterocycles. The molecule has 0 saturated carbocycles. The second-order valence-electron chi connectivity index (χ2n) is 4.46. The molecule has 118 valence electrons. The van der Waals surface area contributed by atoms with E-state index in [9.17, 15) is 29.8 Å². The third-order valence-corrected chi connectivity index (χ3v) is 2.85. The lowest BCUT2D eigenvalue weighted by molar-refractivity contribution is -0.385. The first-order chi connectivity index (χ1) is 10.9. The summed E-state index contributed by atoms with van der Waals surface area (Å²) < 4.78 is 0.902. The van der Waals surface area contributed by atoms with Gasteiger partial charge in [-0.25, -0.2) is 0 Å². The fourth-order valence-corrected chi connectivity index (χ4v) is 1.77. The maximum absolute atomic E-state index is 11.9. The highest BCUT2D eigenvalue weighted by molar-refractivity contribution is 5.90. The molecule has 2 rings (SSSR count). The van der Waals surface area contributed by atoms with Gasteiger partial charge >= 0.3 is 0 Å². The lowest BCUT2D eigenvalue weighted by Gasteiger charge is -2.07. The van der Waals surface area contributed by atoms with Crippen LogP contribution in [0.2, 0.25) is 0 Å². The van der Waals surface area contributed by atoms with Crippen molar-refractivity contribution in [1.29, 1.82) is 0 Å². The number of pyridine rings is 1. The zero-order valence-electron chi connectivity index (χ0n) is 11.5. The summed E-state index contributed by atoms with van der Waals surface area (Å²) >= 11 is 0. The number of nitrogens with one attached hydrogen (secondary N) is 1. The Bertz CT molecular complexity index is 827. The first kappa shape index (κ1) is 15.8. The van der Waals surface area contributed by atoms with E-state index in [2.05, 4.69) is 5.32 Å². The lowest BCUT2D eigenvalue weighted by Crippen LogP contribution is -2.26. The average molecular weight is 318 g/mol. The molecule has 0 aliphatic carbocycles. The molecule has 2 aromatic rings. The van der Waals surface area contributed by atoms with Crippen molar-refractivity contribution in [2.75, 3.05) is 5.32 Å². The quantitative estimate of drug-likeness (QED) is 0.651. The van der Waals surface area contributed by atoms with E-state index in [1.54, 1.807) is 0 Å². The van der Waals surface area contributed by atoms with Crippen LogP contribution in [0.1, 0.15) is 0 Å². The van der Waals surface area contributed by atoms with Gasteiger partial charge in [0.05, 0.1) is 16.0 Å². The first-order valence-electron chi connectivity index (χ1n) is 6.26. The number of rotatable bonds is 5. The van der Waals surface area contributed by atoms with Crippen LogP contribution in [0.25, 0.3) is 0 Å². The number of anilines is 1. The third-order valence-electron chi connectivity index (χ3n) is 2.85. The number of amides is 1. The minimum absolute atomic E-state index is 0.127. The molecule has 1 heterocycles. The summed E-state index contributed by atoms with van der Waals surface area (Å²) in [6, 6.07) is 7.16. The Morgan fingerprint density at radius 1 is 1.00 bits per heavy atom. The molecule has 10 heteroatoms. The molecule has 0 atom stereocenters. The highest BCUT2D eigenvalue weighted by Crippen LogP contribution is 2.15. The number of hydrogen-bond acceptors (Lipinski definition) is 6. The Balaban J connectivity index is 2.10. The SMILES string of the molecule is O=C(Cn1cc([N+](=O)[O-])ccc1=O)Nc1ccc([N+](=O)[O-])cc1. The number of non-ortho nitro benzene ring substituents is 1. The molecule has 0 bridgehead atoms. The summed E-state index contributed by atoms with van der Waals surface area (Å²) in [5.74, 6) is -0.596. The van der Waals surface area contributed by atoms with Gasteiger partial charge in [0.25, 0.3) is 16.9 Å². The standard InChI is InChI=1S/C13H10N4O6/c18-12(14-9-1-3-10(4-2-9)16(20)21)8-15-7-11(17(22)23)5-6-13(15)19/h1-7H,8H2,(H,14,18). The fourth-order valence-electron chi connectivity index (χ4n) is 1.77. The Morgan fingerprint density at radius 3 is 2.13 bits per heavy atom. The smallest absolute Gasteiger partial charge is 0.285 e. The van der Waals surface area contributed by atoms with E-state index >= 15 is 0 Å². The Hall–Kier alpha value is -3.56. The van der Waals surface area contributed by atoms with Gasteiger partial charge in [-0.3, -0.25) is 34.4 Å². The van der Waals surface area contributed by atoms with Crippen molar-refractivity contribution in [2.45, 2.75) is 6.54 Å². The molecule has 0 unspecified atom stereocenters. The van der Waals surface area contributed by atoms with Crippen molar-refractivity contribution in [3.63, 3.8) is 0 Å². The number of nitro groups is 2. The van der Waals surface area contributed by atoms with Crippen LogP contribution in [-0.4, -0.2) is 20.3 Å². The molecule has 0 radical (unpaired) electrons. The van der Waals surface area contributed by atoms with Crippen molar-refractivity contribution < 1.29 is 14.6 Å². The van der Waals surface area contributed by atoms with E-state index in [0.29, 0.717) is 5.69 Å². The lowest BCUT2D eigenvalue weighted by atomic mass is 10.3. The van der Waals surface area contributed by atoms with Crippen LogP contribution in [0, 0.1) is 20.2 Å². The van der Waals surface area contributed by atoms with Gasteiger partial charge in [0.1, 0.15) is 6.54 Å². The van der Waals surface area contributed by atoms with Crippen molar-refractivity contribution in [2.24, 2.45) is 0 Å². The zero-order valence-corrected chi connectivity index (χ0v) is 11.5. The second-order valence-corrected chi connectivity index (χ2v) is 4.46. The first-order valence-corrected chi connectivity index (χ1v) is 6.26. The van der Waals surface area contributed by atoms with E-state index in [-0.39, 0.29) is 11.4 Å². The van der Waals surface area contributed by atoms with Gasteiger partial charge in [0.2, 0.25) is 5.91 Å². The highest BCUT2D eigenvalue weighted by Gasteiger charge is 2.11. The van der Waals surface area contributed by atoms with Crippen LogP contribution in [0.5, 0.6) is 0 Å². The van der Waals surface area contributed by atoms with E-state index < -0.39 is 27.9 Å². The van der Waals surface area contributed by atoms with Gasteiger partial charge in [0.15, 0.2) is 0 Å². The number of benzene rings is 1. The Labute approximate surface area is 128 Å². The summed E-state index contributed by atoms with van der Waals surface area (Å²) in [4.78, 5) is 43.4. The molecule has 1 aromatic carbocycles. The van der Waals surface area contributed by atoms with Gasteiger partial charge in [-0.2, -0.15) is 0 Å². The number of nitrogens with zero attached hydrogens (tertiary/aromatic N) is 3. The highest BCUT2D eigenvalue weighted by atomic mass is 16.6. The van der Waals surface area contributed by atoms with Gasteiger partial charge in [-0.15, -0.1) is 0 Å². The maximum Gasteiger partial charge on any atom is 0.285 e. The van der Waals surface area contributed by atoms with E-state index in [1.165, 1.54) is 24.3 Å². The van der Waals surface area contributed by atoms with Crippen LogP contribution in [0.3, 0.4) is 0 Å². The zero-order chi connectivity index (χ0) is 17.0. The number of hydrogen-bond donors (Lipinski definition) is 1. The van der Waals surface area contributed by atoms with Crippen LogP contribution < -0.4 is 10.9 Å². The monoisotopic (exact) mass is 318 g/mol. The summed E-state index contributed by atoms with van der Waals surface area (Å²) in [6.07, 6.45) is 0.970. The summed E-state index contributed by atoms with van der Waals surface area (Å²) in [6.45, 7) is -0.419. The minimum Gasteiger partial charge on any atom is -0.325 e. The van der Waals surface area contributed by atoms with Gasteiger partial charge < -0.3 is 5.32 Å². The molecule has 1 amide bonds. The molecule has 0 aliphatic rings. The second kappa shape index (κ2) is 6.47. The van der Waals surface area contributed by atoms with Crippen LogP contribution in [0.15, 0.2) is 47.4 Å². The molecular weight excluding hydrogens is 308 g/mol. The third kappa shape index (κ3) is 3.97. The fraction of sp³-hybridized carbons (Fsp3) is 0.0769. The minimum atomic E-state index is -0.676. The molecule has 10 nitrogen and oxygen atoms in total. The number of carbonyl (C=O) groups is 1. The van der Waals surface area contributed by atoms with Gasteiger partial charge in [0, 0.05) is 30.0 Å². The average Bonchev–Trinajstić information content (AvgIpc) is 2.49. The maximum atomic E-state index is 11.9. The predicted molar refractivity (Wildman–Crippen MR) is 79.1 cm³/mol. The van der Waals surface area contributed by atoms with E-state index in [1.807, 2.05) is 0 Å². The van der Waals surface area contributed by atoms with E-state index in [0.717, 1.165) is 22.9 Å². The van der Waals surface area contributed by atoms with Crippen LogP contribution in [0.4, 0.5) is 17.1 Å². The molecule has 1 N–H and O–H groups in total. The van der Waals surface area contributed by atoms with Crippen molar-refractivity contribution in [3.05, 3.63) is 73.2 Å². The largest absolute Gasteiger partial charge is 0.325 e. The van der Waals surface area contributed by atoms with Crippen LogP contribution in [-0.2, 0) is 11.3 Å². The molecule has 0 spiro atoms. The molecule has 0 aliphatic heterocycles. The predicted octanol–water partition coefficient (Wildman–Crippen LogP) is 1.30. The summed E-state index contributed by atoms with van der Waals surface area (Å²) in [5.41, 5.74) is -0.695. The van der Waals surface area contributed by atoms with E-state index in [4.69, 9.17) is 0 Å². The Morgan fingerprint density at radius 2 is 1.57 bits per heavy atom. The molecule has 1 aromatic heterocycles. The van der Waals surface area contributed by atoms with Crippen molar-refractivity contribution in [1.82, 2.24) is 4.57 Å². The number of carbonyl (C=O) groups excluding carboxylic acids is 1. The van der Waals surface area contributed by atoms with Crippen LogP contribution >= 0.6 is 0 Å². The number of nitro benzene ring substituents is 1. The summed E-state index contributed by atoms with van der Waals surface area (Å²) in [5, 5.41) is 23.6. The van der Waals surface area contributed by atoms with Gasteiger partial charge in [-0.05, 0) is 12.1 Å². The normalized spacial score (nSPS) is 10.1. The molecule has 23 heavy (non-hydrogen) atoms. The summed E-state index contributed by atoms with van der Waals surface area (Å²) in [7, 11) is 0. The van der Waals surface area contributed by atoms with Gasteiger partial charge in [-0.1, -0.05) is 0 Å². The molecule has 0 fully saturated rings. The topological polar surface area (TPSA) is 137 Å². The number of aromatic nitrogens is 1. The van der Waals surface area contributed by atoms with Crippen molar-refractivity contribution >= 4 is 23.0 Å². The Kier molecular flexibility index (Phi) is 4.45. The molecular formula is C13H10N4O6. The van der Waals surface area contributed by atoms with Crippen molar-refractivity contribution in [3.8, 4) is 0 Å².